The van der Waals surface area contributed by atoms with Crippen LogP contribution in [0.5, 0.6) is 0 Å². The van der Waals surface area contributed by atoms with Gasteiger partial charge in [0.05, 0.1) is 18.2 Å². The Hall–Kier alpha value is -0.650. The lowest BCUT2D eigenvalue weighted by Gasteiger charge is -2.41. The van der Waals surface area contributed by atoms with Crippen LogP contribution in [0.1, 0.15) is 40.5 Å². The maximum atomic E-state index is 12.6. The molecule has 2 aliphatic heterocycles. The van der Waals surface area contributed by atoms with Crippen LogP contribution < -0.4 is 10.6 Å². The minimum atomic E-state index is -0.0554. The molecular formula is C16H31N3O2. The number of ether oxygens (including phenoxy) is 1. The Morgan fingerprint density at radius 2 is 2.00 bits per heavy atom. The van der Waals surface area contributed by atoms with Crippen LogP contribution in [0.25, 0.3) is 0 Å². The van der Waals surface area contributed by atoms with Gasteiger partial charge in [0.15, 0.2) is 0 Å². The summed E-state index contributed by atoms with van der Waals surface area (Å²) in [7, 11) is 0. The highest BCUT2D eigenvalue weighted by Gasteiger charge is 2.34. The first kappa shape index (κ1) is 16.7. The quantitative estimate of drug-likeness (QED) is 0.794. The fraction of sp³-hybridized carbons (Fsp3) is 0.938. The SMILES string of the molecule is CC1CN(C(C(=O)NCC2CCCN2)C(C)C)CC(C)O1. The van der Waals surface area contributed by atoms with Gasteiger partial charge in [-0.2, -0.15) is 0 Å². The lowest BCUT2D eigenvalue weighted by molar-refractivity contribution is -0.135. The summed E-state index contributed by atoms with van der Waals surface area (Å²) in [6.45, 7) is 11.9. The molecule has 0 aromatic carbocycles. The van der Waals surface area contributed by atoms with E-state index in [2.05, 4.69) is 43.2 Å². The highest BCUT2D eigenvalue weighted by Crippen LogP contribution is 2.18. The molecule has 2 N–H and O–H groups in total. The average molecular weight is 297 g/mol. The Morgan fingerprint density at radius 3 is 2.52 bits per heavy atom. The molecule has 0 bridgehead atoms. The zero-order chi connectivity index (χ0) is 15.4. The summed E-state index contributed by atoms with van der Waals surface area (Å²) in [5.74, 6) is 0.471. The van der Waals surface area contributed by atoms with Crippen LogP contribution in [0.4, 0.5) is 0 Å². The first-order valence-corrected chi connectivity index (χ1v) is 8.38. The highest BCUT2D eigenvalue weighted by atomic mass is 16.5. The van der Waals surface area contributed by atoms with Crippen LogP contribution in [-0.4, -0.2) is 61.3 Å². The third kappa shape index (κ3) is 4.66. The number of rotatable bonds is 5. The normalized spacial score (nSPS) is 32.3. The zero-order valence-corrected chi connectivity index (χ0v) is 13.9. The fourth-order valence-electron chi connectivity index (χ4n) is 3.59. The Morgan fingerprint density at radius 1 is 1.33 bits per heavy atom. The van der Waals surface area contributed by atoms with Crippen molar-refractivity contribution in [1.82, 2.24) is 15.5 Å². The number of nitrogens with one attached hydrogen (secondary N) is 2. The summed E-state index contributed by atoms with van der Waals surface area (Å²) in [5, 5.41) is 6.57. The first-order chi connectivity index (χ1) is 9.97. The van der Waals surface area contributed by atoms with Gasteiger partial charge >= 0.3 is 0 Å². The van der Waals surface area contributed by atoms with E-state index in [-0.39, 0.29) is 24.2 Å². The second-order valence-electron chi connectivity index (χ2n) is 6.94. The van der Waals surface area contributed by atoms with Crippen LogP contribution in [0.2, 0.25) is 0 Å². The standard InChI is InChI=1S/C16H31N3O2/c1-11(2)15(19-9-12(3)21-13(4)10-19)16(20)18-8-14-6-5-7-17-14/h11-15,17H,5-10H2,1-4H3,(H,18,20). The Bertz CT molecular complexity index is 332. The van der Waals surface area contributed by atoms with Gasteiger partial charge in [0.1, 0.15) is 0 Å². The van der Waals surface area contributed by atoms with E-state index < -0.39 is 0 Å². The van der Waals surface area contributed by atoms with Crippen LogP contribution in [-0.2, 0) is 9.53 Å². The number of hydrogen-bond acceptors (Lipinski definition) is 4. The smallest absolute Gasteiger partial charge is 0.237 e. The van der Waals surface area contributed by atoms with Crippen molar-refractivity contribution < 1.29 is 9.53 Å². The summed E-state index contributed by atoms with van der Waals surface area (Å²) in [6, 6.07) is 0.393. The van der Waals surface area contributed by atoms with Gasteiger partial charge in [-0.25, -0.2) is 0 Å². The molecule has 4 unspecified atom stereocenters. The molecular weight excluding hydrogens is 266 g/mol. The van der Waals surface area contributed by atoms with Crippen LogP contribution in [0, 0.1) is 5.92 Å². The van der Waals surface area contributed by atoms with E-state index >= 15 is 0 Å². The van der Waals surface area contributed by atoms with Crippen molar-refractivity contribution in [3.05, 3.63) is 0 Å². The van der Waals surface area contributed by atoms with E-state index in [4.69, 9.17) is 4.74 Å². The van der Waals surface area contributed by atoms with Crippen LogP contribution in [0.3, 0.4) is 0 Å². The summed E-state index contributed by atoms with van der Waals surface area (Å²) in [4.78, 5) is 14.9. The molecule has 5 heteroatoms. The van der Waals surface area contributed by atoms with Crippen molar-refractivity contribution >= 4 is 5.91 Å². The van der Waals surface area contributed by atoms with Gasteiger partial charge in [0, 0.05) is 25.7 Å². The maximum Gasteiger partial charge on any atom is 0.237 e. The monoisotopic (exact) mass is 297 g/mol. The van der Waals surface area contributed by atoms with Crippen molar-refractivity contribution in [3.63, 3.8) is 0 Å². The molecule has 2 rings (SSSR count). The molecule has 0 spiro atoms. The molecule has 5 nitrogen and oxygen atoms in total. The molecule has 21 heavy (non-hydrogen) atoms. The molecule has 0 saturated carbocycles. The largest absolute Gasteiger partial charge is 0.373 e. The number of nitrogens with zero attached hydrogens (tertiary/aromatic N) is 1. The van der Waals surface area contributed by atoms with Gasteiger partial charge in [-0.1, -0.05) is 13.8 Å². The van der Waals surface area contributed by atoms with E-state index in [1.807, 2.05) is 0 Å². The second kappa shape index (κ2) is 7.56. The predicted octanol–water partition coefficient (Wildman–Crippen LogP) is 0.988. The molecule has 0 aromatic heterocycles. The van der Waals surface area contributed by atoms with E-state index in [1.165, 1.54) is 6.42 Å². The number of carbonyl (C=O) groups excluding carboxylic acids is 1. The molecule has 2 heterocycles. The van der Waals surface area contributed by atoms with Gasteiger partial charge in [-0.15, -0.1) is 0 Å². The number of amides is 1. The van der Waals surface area contributed by atoms with E-state index in [1.54, 1.807) is 0 Å². The average Bonchev–Trinajstić information content (AvgIpc) is 2.87. The van der Waals surface area contributed by atoms with Crippen molar-refractivity contribution in [2.75, 3.05) is 26.2 Å². The minimum absolute atomic E-state index is 0.0554. The predicted molar refractivity (Wildman–Crippen MR) is 84.2 cm³/mol. The lowest BCUT2D eigenvalue weighted by Crippen LogP contribution is -2.57. The summed E-state index contributed by atoms with van der Waals surface area (Å²) in [6.07, 6.45) is 2.77. The summed E-state index contributed by atoms with van der Waals surface area (Å²) in [5.41, 5.74) is 0. The van der Waals surface area contributed by atoms with Crippen LogP contribution >= 0.6 is 0 Å². The minimum Gasteiger partial charge on any atom is -0.373 e. The van der Waals surface area contributed by atoms with Crippen molar-refractivity contribution in [3.8, 4) is 0 Å². The number of morpholine rings is 1. The number of hydrogen-bond donors (Lipinski definition) is 2. The molecule has 2 aliphatic rings. The number of carbonyl (C=O) groups is 1. The molecule has 0 radical (unpaired) electrons. The van der Waals surface area contributed by atoms with Crippen molar-refractivity contribution in [1.29, 1.82) is 0 Å². The third-order valence-corrected chi connectivity index (χ3v) is 4.43. The second-order valence-corrected chi connectivity index (χ2v) is 6.94. The molecule has 0 aromatic rings. The van der Waals surface area contributed by atoms with Crippen molar-refractivity contribution in [2.24, 2.45) is 5.92 Å². The van der Waals surface area contributed by atoms with E-state index in [0.29, 0.717) is 12.0 Å². The van der Waals surface area contributed by atoms with Gasteiger partial charge in [-0.3, -0.25) is 9.69 Å². The highest BCUT2D eigenvalue weighted by molar-refractivity contribution is 5.82. The molecule has 1 amide bonds. The Balaban J connectivity index is 1.91. The molecule has 2 fully saturated rings. The van der Waals surface area contributed by atoms with Crippen LogP contribution in [0.15, 0.2) is 0 Å². The van der Waals surface area contributed by atoms with E-state index in [9.17, 15) is 4.79 Å². The summed E-state index contributed by atoms with van der Waals surface area (Å²) < 4.78 is 5.78. The first-order valence-electron chi connectivity index (χ1n) is 8.38. The van der Waals surface area contributed by atoms with Crippen molar-refractivity contribution in [2.45, 2.75) is 64.8 Å². The van der Waals surface area contributed by atoms with Gasteiger partial charge in [0.2, 0.25) is 5.91 Å². The third-order valence-electron chi connectivity index (χ3n) is 4.43. The maximum absolute atomic E-state index is 12.6. The van der Waals surface area contributed by atoms with E-state index in [0.717, 1.165) is 32.6 Å². The Labute approximate surface area is 128 Å². The molecule has 0 aliphatic carbocycles. The Kier molecular flexibility index (Phi) is 6.02. The molecule has 122 valence electrons. The van der Waals surface area contributed by atoms with Gasteiger partial charge in [0.25, 0.3) is 0 Å². The van der Waals surface area contributed by atoms with Gasteiger partial charge in [-0.05, 0) is 39.2 Å². The van der Waals surface area contributed by atoms with Gasteiger partial charge < -0.3 is 15.4 Å². The molecule has 4 atom stereocenters. The molecule has 2 saturated heterocycles. The topological polar surface area (TPSA) is 53.6 Å². The lowest BCUT2D eigenvalue weighted by atomic mass is 9.99. The fourth-order valence-corrected chi connectivity index (χ4v) is 3.59. The summed E-state index contributed by atoms with van der Waals surface area (Å²) >= 11 is 0. The zero-order valence-electron chi connectivity index (χ0n) is 13.9.